The van der Waals surface area contributed by atoms with Crippen LogP contribution in [-0.4, -0.2) is 28.0 Å². The molecule has 6 aromatic carbocycles. The van der Waals surface area contributed by atoms with Gasteiger partial charge in [-0.25, -0.2) is 0 Å². The maximum atomic E-state index is 13.3. The summed E-state index contributed by atoms with van der Waals surface area (Å²) in [6.45, 7) is 10.7. The number of hydrogen-bond acceptors (Lipinski definition) is 0. The van der Waals surface area contributed by atoms with Gasteiger partial charge in [-0.15, -0.1) is 69.1 Å². The third-order valence-electron chi connectivity index (χ3n) is 10.6. The van der Waals surface area contributed by atoms with Crippen LogP contribution in [0.15, 0.2) is 109 Å². The van der Waals surface area contributed by atoms with Crippen LogP contribution in [0.5, 0.6) is 0 Å². The second-order valence-electron chi connectivity index (χ2n) is 14.8. The van der Waals surface area contributed by atoms with Gasteiger partial charge >= 0.3 is 56.4 Å². The van der Waals surface area contributed by atoms with Crippen LogP contribution in [0.1, 0.15) is 80.5 Å². The van der Waals surface area contributed by atoms with Gasteiger partial charge in [-0.3, -0.25) is 0 Å². The molecule has 0 amide bonds. The monoisotopic (exact) mass is 956 g/mol. The Labute approximate surface area is 361 Å². The van der Waals surface area contributed by atoms with Gasteiger partial charge in [0.25, 0.3) is 5.41 Å². The molecule has 13 heteroatoms. The first-order chi connectivity index (χ1) is 27.8. The van der Waals surface area contributed by atoms with Crippen LogP contribution in [0.2, 0.25) is 13.1 Å². The number of benzene rings is 4. The van der Waals surface area contributed by atoms with Gasteiger partial charge < -0.3 is 0 Å². The molecule has 0 aromatic heterocycles. The SMILES string of the molecule is CC(C)c1ccc(-c2cccc3[cH-]c(C4CCCC4)cc23)cc1.CCc1cc2c(-c3ccc(C(C(F)(F)F)(C(F)(F)F)C(F)(F)F)cc3)cccc2[cH-]1.C[Si]C.[Cl][Zr+2][Cl]. The molecular weight excluding hydrogens is 914 g/mol. The van der Waals surface area contributed by atoms with Gasteiger partial charge in [0.15, 0.2) is 0 Å². The van der Waals surface area contributed by atoms with E-state index >= 15 is 0 Å². The maximum absolute atomic E-state index is 13.3. The zero-order valence-corrected chi connectivity index (χ0v) is 38.2. The van der Waals surface area contributed by atoms with Crippen LogP contribution in [-0.2, 0) is 32.7 Å². The first kappa shape index (κ1) is 48.8. The van der Waals surface area contributed by atoms with Gasteiger partial charge in [-0.1, -0.05) is 118 Å². The van der Waals surface area contributed by atoms with Crippen molar-refractivity contribution in [1.82, 2.24) is 0 Å². The Kier molecular flexibility index (Phi) is 17.2. The van der Waals surface area contributed by atoms with E-state index in [0.717, 1.165) is 38.5 Å². The van der Waals surface area contributed by atoms with Crippen LogP contribution in [0.3, 0.4) is 0 Å². The van der Waals surface area contributed by atoms with Crippen molar-refractivity contribution in [2.24, 2.45) is 0 Å². The van der Waals surface area contributed by atoms with Crippen molar-refractivity contribution in [2.75, 3.05) is 0 Å². The second kappa shape index (κ2) is 20.8. The van der Waals surface area contributed by atoms with Crippen LogP contribution in [0.25, 0.3) is 43.8 Å². The molecule has 0 heterocycles. The molecule has 0 saturated heterocycles. The van der Waals surface area contributed by atoms with Crippen molar-refractivity contribution in [3.05, 3.63) is 131 Å². The summed E-state index contributed by atoms with van der Waals surface area (Å²) in [5.41, 5.74) is -0.549. The molecule has 2 radical (unpaired) electrons. The molecule has 0 nitrogen and oxygen atoms in total. The van der Waals surface area contributed by atoms with Gasteiger partial charge in [-0.2, -0.15) is 51.6 Å². The number of fused-ring (bicyclic) bond motifs is 2. The Morgan fingerprint density at radius 2 is 1.08 bits per heavy atom. The summed E-state index contributed by atoms with van der Waals surface area (Å²) in [6.07, 6.45) is -13.7. The first-order valence-electron chi connectivity index (χ1n) is 19.1. The van der Waals surface area contributed by atoms with Crippen LogP contribution >= 0.6 is 17.0 Å². The van der Waals surface area contributed by atoms with Crippen molar-refractivity contribution in [3.63, 3.8) is 0 Å². The topological polar surface area (TPSA) is 0 Å². The molecule has 7 rings (SSSR count). The molecule has 1 aliphatic carbocycles. The van der Waals surface area contributed by atoms with E-state index in [9.17, 15) is 39.5 Å². The van der Waals surface area contributed by atoms with E-state index < -0.39 is 50.4 Å². The molecule has 0 aliphatic heterocycles. The quantitative estimate of drug-likeness (QED) is 0.0887. The predicted molar refractivity (Wildman–Crippen MR) is 224 cm³/mol. The Bertz CT molecular complexity index is 2170. The van der Waals surface area contributed by atoms with Crippen molar-refractivity contribution in [2.45, 2.75) is 102 Å². The molecule has 1 fully saturated rings. The van der Waals surface area contributed by atoms with Crippen LogP contribution in [0.4, 0.5) is 39.5 Å². The summed E-state index contributed by atoms with van der Waals surface area (Å²) in [7, 11) is 11.0. The predicted octanol–water partition coefficient (Wildman–Crippen LogP) is 16.9. The molecule has 0 atom stereocenters. The van der Waals surface area contributed by atoms with Gasteiger partial charge in [0.05, 0.1) is 0 Å². The molecule has 0 spiro atoms. The van der Waals surface area contributed by atoms with E-state index in [2.05, 4.69) is 81.5 Å². The van der Waals surface area contributed by atoms with Crippen molar-refractivity contribution in [3.8, 4) is 22.3 Å². The number of rotatable bonds is 6. The van der Waals surface area contributed by atoms with E-state index in [0.29, 0.717) is 23.3 Å². The van der Waals surface area contributed by atoms with Crippen molar-refractivity contribution >= 4 is 48.1 Å². The minimum atomic E-state index is -6.63. The molecule has 0 unspecified atom stereocenters. The van der Waals surface area contributed by atoms with E-state index in [1.165, 1.54) is 53.1 Å². The number of hydrogen-bond donors (Lipinski definition) is 0. The van der Waals surface area contributed by atoms with E-state index in [1.54, 1.807) is 23.8 Å². The molecule has 1 aliphatic rings. The average Bonchev–Trinajstić information content (AvgIpc) is 3.94. The summed E-state index contributed by atoms with van der Waals surface area (Å²) in [5.74, 6) is 1.38. The van der Waals surface area contributed by atoms with Crippen molar-refractivity contribution < 1.29 is 60.4 Å². The van der Waals surface area contributed by atoms with E-state index in [-0.39, 0.29) is 17.7 Å². The van der Waals surface area contributed by atoms with Gasteiger partial charge in [0.1, 0.15) is 0 Å². The molecule has 0 N–H and O–H groups in total. The normalized spacial score (nSPS) is 13.6. The van der Waals surface area contributed by atoms with E-state index in [4.69, 9.17) is 17.0 Å². The summed E-state index contributed by atoms with van der Waals surface area (Å²) in [6, 6.07) is 31.7. The molecule has 314 valence electrons. The second-order valence-corrected chi connectivity index (χ2v) is 19.5. The summed E-state index contributed by atoms with van der Waals surface area (Å²) in [5, 5.41) is 4.34. The van der Waals surface area contributed by atoms with Gasteiger partial charge in [0, 0.05) is 9.52 Å². The number of aryl methyl sites for hydroxylation is 1. The zero-order chi connectivity index (χ0) is 43.8. The Hall–Kier alpha value is -2.85. The number of halogens is 11. The Balaban J connectivity index is 0.000000235. The number of alkyl halides is 9. The third kappa shape index (κ3) is 11.0. The fraction of sp³-hybridized carbons (Fsp3) is 0.348. The molecular formula is C46H45Cl2F9SiZr. The van der Waals surface area contributed by atoms with Crippen molar-refractivity contribution in [1.29, 1.82) is 0 Å². The average molecular weight is 959 g/mol. The summed E-state index contributed by atoms with van der Waals surface area (Å²) < 4.78 is 120. The first-order valence-corrected chi connectivity index (χ1v) is 27.5. The zero-order valence-electron chi connectivity index (χ0n) is 33.2. The summed E-state index contributed by atoms with van der Waals surface area (Å²) >= 11 is -0.826. The summed E-state index contributed by atoms with van der Waals surface area (Å²) in [4.78, 5) is 0. The van der Waals surface area contributed by atoms with Gasteiger partial charge in [-0.05, 0) is 53.4 Å². The van der Waals surface area contributed by atoms with Gasteiger partial charge in [0.2, 0.25) is 0 Å². The fourth-order valence-corrected chi connectivity index (χ4v) is 7.68. The van der Waals surface area contributed by atoms with Crippen LogP contribution in [0, 0.1) is 0 Å². The Morgan fingerprint density at radius 3 is 1.51 bits per heavy atom. The van der Waals surface area contributed by atoms with Crippen LogP contribution < -0.4 is 0 Å². The third-order valence-corrected chi connectivity index (χ3v) is 10.6. The molecule has 59 heavy (non-hydrogen) atoms. The fourth-order valence-electron chi connectivity index (χ4n) is 7.68. The minimum absolute atomic E-state index is 0.207. The van der Waals surface area contributed by atoms with E-state index in [1.807, 2.05) is 19.1 Å². The molecule has 1 saturated carbocycles. The molecule has 0 bridgehead atoms. The Morgan fingerprint density at radius 1 is 0.661 bits per heavy atom. The standard InChI is InChI=1S/C23H25.C21H14F9.C2H6Si.2ClH.Zr/c1-16(2)17-10-12-19(13-11-17)22-9-5-8-20-14-21(15-23(20)22)18-6-3-4-7-18;1-2-12-10-14-4-3-5-16(17(14)11-12)13-6-8-15(9-7-13)18(19(22,23)24,20(25,26)27)21(28,29)30;1-3-2;;;/h5,8-16,18H,3-4,6-7H2,1-2H3;3-11H,2H2,1H3;1-2H3;2*1H;/q2*-1;;;;+4/p-2. The molecule has 6 aromatic rings.